The van der Waals surface area contributed by atoms with Crippen LogP contribution in [0.1, 0.15) is 31.1 Å². The molecular weight excluding hydrogens is 485 g/mol. The van der Waals surface area contributed by atoms with Crippen LogP contribution in [-0.4, -0.2) is 75.0 Å². The lowest BCUT2D eigenvalue weighted by atomic mass is 9.99. The van der Waals surface area contributed by atoms with Crippen LogP contribution < -0.4 is 10.6 Å². The molecule has 0 unspecified atom stereocenters. The maximum Gasteiger partial charge on any atom is 0.243 e. The summed E-state index contributed by atoms with van der Waals surface area (Å²) in [6.45, 7) is 7.76. The van der Waals surface area contributed by atoms with Crippen LogP contribution in [0, 0.1) is 5.92 Å². The summed E-state index contributed by atoms with van der Waals surface area (Å²) in [6, 6.07) is 4.22. The Kier molecular flexibility index (Phi) is 12.7. The molecule has 160 valence electrons. The van der Waals surface area contributed by atoms with Crippen molar-refractivity contribution in [2.24, 2.45) is 10.9 Å². The molecular formula is C20H36IN5OS. The maximum absolute atomic E-state index is 11.8. The molecule has 1 aromatic rings. The molecule has 0 aliphatic carbocycles. The molecule has 1 amide bonds. The molecule has 28 heavy (non-hydrogen) atoms. The summed E-state index contributed by atoms with van der Waals surface area (Å²) >= 11 is 1.77. The largest absolute Gasteiger partial charge is 0.356 e. The SMILES string of the molecule is CC1CCN(CCCNC(=NCC(=O)N(C)C)NCCc2cccs2)CC1.I. The van der Waals surface area contributed by atoms with E-state index < -0.39 is 0 Å². The molecule has 1 aromatic heterocycles. The molecule has 0 saturated carbocycles. The van der Waals surface area contributed by atoms with E-state index in [0.717, 1.165) is 44.4 Å². The molecule has 1 saturated heterocycles. The molecule has 0 spiro atoms. The Morgan fingerprint density at radius 3 is 2.64 bits per heavy atom. The fraction of sp³-hybridized carbons (Fsp3) is 0.700. The second-order valence-electron chi connectivity index (χ2n) is 7.51. The van der Waals surface area contributed by atoms with E-state index in [1.165, 1.54) is 30.8 Å². The Morgan fingerprint density at radius 2 is 2.00 bits per heavy atom. The van der Waals surface area contributed by atoms with Crippen molar-refractivity contribution in [1.29, 1.82) is 0 Å². The number of guanidine groups is 1. The topological polar surface area (TPSA) is 60.0 Å². The van der Waals surface area contributed by atoms with Gasteiger partial charge in [0.1, 0.15) is 6.54 Å². The summed E-state index contributed by atoms with van der Waals surface area (Å²) in [4.78, 5) is 21.8. The minimum atomic E-state index is 0. The van der Waals surface area contributed by atoms with E-state index in [1.54, 1.807) is 30.3 Å². The van der Waals surface area contributed by atoms with Crippen LogP contribution in [0.5, 0.6) is 0 Å². The average molecular weight is 522 g/mol. The van der Waals surface area contributed by atoms with Gasteiger partial charge in [0.15, 0.2) is 5.96 Å². The molecule has 1 fully saturated rings. The van der Waals surface area contributed by atoms with Crippen LogP contribution >= 0.6 is 35.3 Å². The summed E-state index contributed by atoms with van der Waals surface area (Å²) in [6.07, 6.45) is 4.68. The molecule has 6 nitrogen and oxygen atoms in total. The molecule has 1 aliphatic heterocycles. The molecule has 1 aliphatic rings. The molecule has 0 radical (unpaired) electrons. The first kappa shape index (κ1) is 25.2. The third kappa shape index (κ3) is 10.1. The summed E-state index contributed by atoms with van der Waals surface area (Å²) in [5.74, 6) is 1.62. The van der Waals surface area contributed by atoms with Crippen LogP contribution in [0.2, 0.25) is 0 Å². The lowest BCUT2D eigenvalue weighted by Gasteiger charge is -2.30. The second-order valence-corrected chi connectivity index (χ2v) is 8.55. The quantitative estimate of drug-likeness (QED) is 0.227. The lowest BCUT2D eigenvalue weighted by molar-refractivity contribution is -0.127. The normalized spacial score (nSPS) is 15.8. The van der Waals surface area contributed by atoms with Crippen molar-refractivity contribution in [3.8, 4) is 0 Å². The highest BCUT2D eigenvalue weighted by Gasteiger charge is 2.14. The number of hydrogen-bond acceptors (Lipinski definition) is 4. The zero-order valence-electron chi connectivity index (χ0n) is 17.4. The average Bonchev–Trinajstić information content (AvgIpc) is 3.17. The molecule has 2 rings (SSSR count). The number of hydrogen-bond donors (Lipinski definition) is 2. The highest BCUT2D eigenvalue weighted by atomic mass is 127. The first-order chi connectivity index (χ1) is 13.0. The van der Waals surface area contributed by atoms with Crippen molar-refractivity contribution in [2.45, 2.75) is 32.6 Å². The minimum Gasteiger partial charge on any atom is -0.356 e. The Morgan fingerprint density at radius 1 is 1.29 bits per heavy atom. The van der Waals surface area contributed by atoms with Gasteiger partial charge in [-0.1, -0.05) is 13.0 Å². The van der Waals surface area contributed by atoms with Crippen molar-refractivity contribution < 1.29 is 4.79 Å². The highest BCUT2D eigenvalue weighted by molar-refractivity contribution is 14.0. The smallest absolute Gasteiger partial charge is 0.243 e. The van der Waals surface area contributed by atoms with E-state index in [9.17, 15) is 4.79 Å². The van der Waals surface area contributed by atoms with Gasteiger partial charge in [-0.25, -0.2) is 4.99 Å². The number of thiophene rings is 1. The van der Waals surface area contributed by atoms with Crippen LogP contribution in [0.25, 0.3) is 0 Å². The van der Waals surface area contributed by atoms with Gasteiger partial charge < -0.3 is 20.4 Å². The Bertz CT molecular complexity index is 571. The molecule has 0 bridgehead atoms. The van der Waals surface area contributed by atoms with Crippen molar-refractivity contribution in [2.75, 3.05) is 53.4 Å². The number of halogens is 1. The Hall–Kier alpha value is -0.870. The zero-order chi connectivity index (χ0) is 19.5. The van der Waals surface area contributed by atoms with Crippen molar-refractivity contribution in [3.05, 3.63) is 22.4 Å². The van der Waals surface area contributed by atoms with Gasteiger partial charge in [0.2, 0.25) is 5.91 Å². The van der Waals surface area contributed by atoms with Crippen molar-refractivity contribution in [3.63, 3.8) is 0 Å². The minimum absolute atomic E-state index is 0. The van der Waals surface area contributed by atoms with E-state index in [2.05, 4.69) is 45.0 Å². The monoisotopic (exact) mass is 521 g/mol. The predicted molar refractivity (Wildman–Crippen MR) is 130 cm³/mol. The number of carbonyl (C=O) groups excluding carboxylic acids is 1. The van der Waals surface area contributed by atoms with Gasteiger partial charge in [-0.3, -0.25) is 4.79 Å². The van der Waals surface area contributed by atoms with Gasteiger partial charge in [0.05, 0.1) is 0 Å². The summed E-state index contributed by atoms with van der Waals surface area (Å²) in [5.41, 5.74) is 0. The first-order valence-corrected chi connectivity index (χ1v) is 10.9. The Labute approximate surface area is 191 Å². The third-order valence-electron chi connectivity index (χ3n) is 4.93. The van der Waals surface area contributed by atoms with E-state index in [1.807, 2.05) is 0 Å². The maximum atomic E-state index is 11.8. The van der Waals surface area contributed by atoms with E-state index >= 15 is 0 Å². The predicted octanol–water partition coefficient (Wildman–Crippen LogP) is 2.65. The number of piperidine rings is 1. The lowest BCUT2D eigenvalue weighted by Crippen LogP contribution is -2.41. The molecule has 8 heteroatoms. The van der Waals surface area contributed by atoms with E-state index in [-0.39, 0.29) is 36.4 Å². The van der Waals surface area contributed by atoms with Crippen LogP contribution in [0.15, 0.2) is 22.5 Å². The zero-order valence-corrected chi connectivity index (χ0v) is 20.6. The third-order valence-corrected chi connectivity index (χ3v) is 5.87. The number of nitrogens with one attached hydrogen (secondary N) is 2. The molecule has 2 heterocycles. The number of carbonyl (C=O) groups is 1. The van der Waals surface area contributed by atoms with Gasteiger partial charge in [0, 0.05) is 32.1 Å². The van der Waals surface area contributed by atoms with Crippen LogP contribution in [-0.2, 0) is 11.2 Å². The van der Waals surface area contributed by atoms with E-state index in [0.29, 0.717) is 0 Å². The number of nitrogens with zero attached hydrogens (tertiary/aromatic N) is 3. The van der Waals surface area contributed by atoms with Crippen molar-refractivity contribution in [1.82, 2.24) is 20.4 Å². The van der Waals surface area contributed by atoms with Crippen molar-refractivity contribution >= 4 is 47.2 Å². The summed E-state index contributed by atoms with van der Waals surface area (Å²) < 4.78 is 0. The van der Waals surface area contributed by atoms with E-state index in [4.69, 9.17) is 0 Å². The summed E-state index contributed by atoms with van der Waals surface area (Å²) in [7, 11) is 3.52. The number of aliphatic imine (C=N–C) groups is 1. The van der Waals surface area contributed by atoms with Gasteiger partial charge in [0.25, 0.3) is 0 Å². The fourth-order valence-electron chi connectivity index (χ4n) is 3.02. The number of rotatable bonds is 9. The molecule has 0 atom stereocenters. The van der Waals surface area contributed by atoms with Gasteiger partial charge in [-0.05, 0) is 62.7 Å². The van der Waals surface area contributed by atoms with Gasteiger partial charge in [-0.15, -0.1) is 35.3 Å². The molecule has 0 aromatic carbocycles. The van der Waals surface area contributed by atoms with Gasteiger partial charge in [-0.2, -0.15) is 0 Å². The number of amides is 1. The van der Waals surface area contributed by atoms with Crippen LogP contribution in [0.4, 0.5) is 0 Å². The summed E-state index contributed by atoms with van der Waals surface area (Å²) in [5, 5.41) is 8.84. The highest BCUT2D eigenvalue weighted by Crippen LogP contribution is 2.15. The fourth-order valence-corrected chi connectivity index (χ4v) is 3.73. The number of likely N-dealkylation sites (N-methyl/N-ethyl adjacent to an activating group) is 1. The second kappa shape index (κ2) is 14.2. The van der Waals surface area contributed by atoms with Gasteiger partial charge >= 0.3 is 0 Å². The molecule has 2 N–H and O–H groups in total. The standard InChI is InChI=1S/C20H35N5OS.HI/c1-17-8-13-25(14-9-17)12-5-10-21-20(23-16-19(26)24(2)3)22-11-7-18-6-4-15-27-18;/h4,6,15,17H,5,7-14,16H2,1-3H3,(H2,21,22,23);1H. The first-order valence-electron chi connectivity index (χ1n) is 10.0. The Balaban J connectivity index is 0.00000392. The number of likely N-dealkylation sites (tertiary alicyclic amines) is 1. The van der Waals surface area contributed by atoms with Crippen LogP contribution in [0.3, 0.4) is 0 Å².